The number of nitrogens with zero attached hydrogens (tertiary/aromatic N) is 2. The first-order valence-electron chi connectivity index (χ1n) is 6.74. The van der Waals surface area contributed by atoms with Crippen molar-refractivity contribution >= 4 is 11.8 Å². The Balaban J connectivity index is 1.77. The molecule has 0 atom stereocenters. The Labute approximate surface area is 122 Å². The average Bonchev–Trinajstić information content (AvgIpc) is 2.53. The molecule has 2 amide bonds. The molecule has 1 fully saturated rings. The summed E-state index contributed by atoms with van der Waals surface area (Å²) in [5.41, 5.74) is 5.30. The summed E-state index contributed by atoms with van der Waals surface area (Å²) in [7, 11) is 0. The van der Waals surface area contributed by atoms with E-state index in [4.69, 9.17) is 10.5 Å². The van der Waals surface area contributed by atoms with Crippen molar-refractivity contribution in [2.75, 3.05) is 39.3 Å². The fraction of sp³-hybridized carbons (Fsp3) is 0.429. The SMILES string of the molecule is NCC(=O)N1CCN(C(=O)COc2ccc(F)cc2)CC1. The quantitative estimate of drug-likeness (QED) is 0.837. The molecule has 1 aromatic carbocycles. The predicted octanol–water partition coefficient (Wildman–Crippen LogP) is -0.166. The van der Waals surface area contributed by atoms with E-state index in [9.17, 15) is 14.0 Å². The van der Waals surface area contributed by atoms with E-state index in [-0.39, 0.29) is 30.8 Å². The number of rotatable bonds is 4. The Morgan fingerprint density at radius 2 is 1.57 bits per heavy atom. The molecule has 1 aliphatic rings. The lowest BCUT2D eigenvalue weighted by atomic mass is 10.3. The first kappa shape index (κ1) is 15.2. The van der Waals surface area contributed by atoms with Crippen LogP contribution in [0.1, 0.15) is 0 Å². The number of carbonyl (C=O) groups is 2. The van der Waals surface area contributed by atoms with Gasteiger partial charge in [0.2, 0.25) is 5.91 Å². The lowest BCUT2D eigenvalue weighted by molar-refractivity contribution is -0.140. The van der Waals surface area contributed by atoms with Crippen LogP contribution < -0.4 is 10.5 Å². The average molecular weight is 295 g/mol. The van der Waals surface area contributed by atoms with Gasteiger partial charge < -0.3 is 20.3 Å². The number of amides is 2. The molecule has 1 aromatic rings. The van der Waals surface area contributed by atoms with Crippen LogP contribution in [0, 0.1) is 5.82 Å². The number of halogens is 1. The Hall–Kier alpha value is -2.15. The number of carbonyl (C=O) groups excluding carboxylic acids is 2. The van der Waals surface area contributed by atoms with Crippen molar-refractivity contribution in [3.63, 3.8) is 0 Å². The Morgan fingerprint density at radius 1 is 1.05 bits per heavy atom. The van der Waals surface area contributed by atoms with Crippen LogP contribution in [0.2, 0.25) is 0 Å². The molecule has 114 valence electrons. The van der Waals surface area contributed by atoms with Crippen LogP contribution in [0.5, 0.6) is 5.75 Å². The van der Waals surface area contributed by atoms with E-state index in [0.717, 1.165) is 0 Å². The molecule has 0 aliphatic carbocycles. The minimum atomic E-state index is -0.352. The van der Waals surface area contributed by atoms with E-state index in [1.54, 1.807) is 9.80 Å². The molecule has 2 rings (SSSR count). The van der Waals surface area contributed by atoms with Gasteiger partial charge in [-0.2, -0.15) is 0 Å². The van der Waals surface area contributed by atoms with Gasteiger partial charge in [-0.3, -0.25) is 9.59 Å². The van der Waals surface area contributed by atoms with Crippen molar-refractivity contribution < 1.29 is 18.7 Å². The molecule has 0 saturated carbocycles. The van der Waals surface area contributed by atoms with E-state index in [1.807, 2.05) is 0 Å². The Kier molecular flexibility index (Phi) is 5.10. The van der Waals surface area contributed by atoms with Gasteiger partial charge in [0.15, 0.2) is 6.61 Å². The molecule has 0 spiro atoms. The summed E-state index contributed by atoms with van der Waals surface area (Å²) in [6, 6.07) is 5.49. The molecule has 1 saturated heterocycles. The van der Waals surface area contributed by atoms with Crippen molar-refractivity contribution in [3.05, 3.63) is 30.1 Å². The van der Waals surface area contributed by atoms with Gasteiger partial charge in [-0.15, -0.1) is 0 Å². The van der Waals surface area contributed by atoms with Gasteiger partial charge in [-0.05, 0) is 24.3 Å². The van der Waals surface area contributed by atoms with E-state index in [1.165, 1.54) is 24.3 Å². The number of hydrogen-bond acceptors (Lipinski definition) is 4. The molecule has 21 heavy (non-hydrogen) atoms. The molecule has 0 radical (unpaired) electrons. The molecule has 6 nitrogen and oxygen atoms in total. The number of ether oxygens (including phenoxy) is 1. The summed E-state index contributed by atoms with van der Waals surface area (Å²) in [4.78, 5) is 26.7. The number of hydrogen-bond donors (Lipinski definition) is 1. The van der Waals surface area contributed by atoms with Crippen LogP contribution in [0.25, 0.3) is 0 Å². The molecule has 7 heteroatoms. The zero-order valence-corrected chi connectivity index (χ0v) is 11.6. The van der Waals surface area contributed by atoms with Gasteiger partial charge in [0.1, 0.15) is 11.6 Å². The second-order valence-corrected chi connectivity index (χ2v) is 4.71. The van der Waals surface area contributed by atoms with Crippen LogP contribution in [-0.2, 0) is 9.59 Å². The van der Waals surface area contributed by atoms with Crippen LogP contribution >= 0.6 is 0 Å². The summed E-state index contributed by atoms with van der Waals surface area (Å²) in [6.45, 7) is 1.80. The fourth-order valence-corrected chi connectivity index (χ4v) is 2.10. The first-order valence-corrected chi connectivity index (χ1v) is 6.74. The first-order chi connectivity index (χ1) is 10.1. The summed E-state index contributed by atoms with van der Waals surface area (Å²) in [5.74, 6) is -0.167. The van der Waals surface area contributed by atoms with E-state index in [0.29, 0.717) is 31.9 Å². The fourth-order valence-electron chi connectivity index (χ4n) is 2.10. The monoisotopic (exact) mass is 295 g/mol. The third-order valence-electron chi connectivity index (χ3n) is 3.34. The van der Waals surface area contributed by atoms with Crippen LogP contribution in [-0.4, -0.2) is 60.9 Å². The largest absolute Gasteiger partial charge is 0.484 e. The highest BCUT2D eigenvalue weighted by atomic mass is 19.1. The van der Waals surface area contributed by atoms with E-state index >= 15 is 0 Å². The van der Waals surface area contributed by atoms with Crippen LogP contribution in [0.3, 0.4) is 0 Å². The van der Waals surface area contributed by atoms with Gasteiger partial charge in [-0.25, -0.2) is 4.39 Å². The predicted molar refractivity (Wildman–Crippen MR) is 74.1 cm³/mol. The maximum atomic E-state index is 12.7. The summed E-state index contributed by atoms with van der Waals surface area (Å²) < 4.78 is 18.0. The second-order valence-electron chi connectivity index (χ2n) is 4.71. The van der Waals surface area contributed by atoms with Gasteiger partial charge in [0.05, 0.1) is 6.54 Å². The molecular weight excluding hydrogens is 277 g/mol. The lowest BCUT2D eigenvalue weighted by Crippen LogP contribution is -2.52. The summed E-state index contributed by atoms with van der Waals surface area (Å²) in [5, 5.41) is 0. The molecule has 0 unspecified atom stereocenters. The smallest absolute Gasteiger partial charge is 0.260 e. The molecule has 0 aromatic heterocycles. The van der Waals surface area contributed by atoms with Crippen LogP contribution in [0.4, 0.5) is 4.39 Å². The maximum absolute atomic E-state index is 12.7. The highest BCUT2D eigenvalue weighted by Gasteiger charge is 2.23. The zero-order valence-electron chi connectivity index (χ0n) is 11.6. The van der Waals surface area contributed by atoms with Crippen molar-refractivity contribution in [2.24, 2.45) is 5.73 Å². The summed E-state index contributed by atoms with van der Waals surface area (Å²) >= 11 is 0. The minimum absolute atomic E-state index is 0.0123. The molecule has 2 N–H and O–H groups in total. The third kappa shape index (κ3) is 4.16. The molecule has 0 bridgehead atoms. The normalized spacial score (nSPS) is 15.0. The maximum Gasteiger partial charge on any atom is 0.260 e. The highest BCUT2D eigenvalue weighted by Crippen LogP contribution is 2.11. The van der Waals surface area contributed by atoms with Crippen molar-refractivity contribution in [1.29, 1.82) is 0 Å². The molecular formula is C14H18FN3O3. The highest BCUT2D eigenvalue weighted by molar-refractivity contribution is 5.80. The van der Waals surface area contributed by atoms with Crippen molar-refractivity contribution in [1.82, 2.24) is 9.80 Å². The molecule has 1 aliphatic heterocycles. The number of benzene rings is 1. The van der Waals surface area contributed by atoms with Gasteiger partial charge >= 0.3 is 0 Å². The van der Waals surface area contributed by atoms with Gasteiger partial charge in [0, 0.05) is 26.2 Å². The van der Waals surface area contributed by atoms with Gasteiger partial charge in [0.25, 0.3) is 5.91 Å². The Bertz CT molecular complexity index is 499. The topological polar surface area (TPSA) is 75.9 Å². The van der Waals surface area contributed by atoms with E-state index in [2.05, 4.69) is 0 Å². The van der Waals surface area contributed by atoms with Crippen LogP contribution in [0.15, 0.2) is 24.3 Å². The van der Waals surface area contributed by atoms with Gasteiger partial charge in [-0.1, -0.05) is 0 Å². The number of piperazine rings is 1. The van der Waals surface area contributed by atoms with Crippen molar-refractivity contribution in [3.8, 4) is 5.75 Å². The third-order valence-corrected chi connectivity index (χ3v) is 3.34. The lowest BCUT2D eigenvalue weighted by Gasteiger charge is -2.34. The number of nitrogens with two attached hydrogens (primary N) is 1. The molecule has 1 heterocycles. The minimum Gasteiger partial charge on any atom is -0.484 e. The second kappa shape index (κ2) is 7.03. The zero-order chi connectivity index (χ0) is 15.2. The Morgan fingerprint density at radius 3 is 2.10 bits per heavy atom. The standard InChI is InChI=1S/C14H18FN3O3/c15-11-1-3-12(4-2-11)21-10-14(20)18-7-5-17(6-8-18)13(19)9-16/h1-4H,5-10,16H2. The summed E-state index contributed by atoms with van der Waals surface area (Å²) in [6.07, 6.45) is 0. The van der Waals surface area contributed by atoms with E-state index < -0.39 is 0 Å². The van der Waals surface area contributed by atoms with Crippen molar-refractivity contribution in [2.45, 2.75) is 0 Å².